The maximum Gasteiger partial charge on any atom is 0.251 e. The van der Waals surface area contributed by atoms with E-state index in [0.717, 1.165) is 54.7 Å². The SMILES string of the molecule is CNC(=O)c1ccc(Nc2nc3ccc(N4CC(C)CC(C)C4)nc3n2CCCN)cc1. The summed E-state index contributed by atoms with van der Waals surface area (Å²) in [5.74, 6) is 2.95. The van der Waals surface area contributed by atoms with Crippen molar-refractivity contribution in [2.24, 2.45) is 17.6 Å². The zero-order valence-corrected chi connectivity index (χ0v) is 19.1. The zero-order chi connectivity index (χ0) is 22.7. The third-order valence-electron chi connectivity index (χ3n) is 5.99. The maximum atomic E-state index is 11.8. The minimum absolute atomic E-state index is 0.107. The van der Waals surface area contributed by atoms with Gasteiger partial charge in [0.25, 0.3) is 5.91 Å². The summed E-state index contributed by atoms with van der Waals surface area (Å²) in [6.45, 7) is 8.01. The van der Waals surface area contributed by atoms with Crippen molar-refractivity contribution in [1.29, 1.82) is 0 Å². The molecule has 0 aliphatic carbocycles. The fraction of sp³-hybridized carbons (Fsp3) is 0.458. The first-order chi connectivity index (χ1) is 15.5. The number of amides is 1. The number of nitrogens with two attached hydrogens (primary N) is 1. The van der Waals surface area contributed by atoms with Gasteiger partial charge in [0.15, 0.2) is 5.65 Å². The molecule has 2 unspecified atom stereocenters. The van der Waals surface area contributed by atoms with Crippen LogP contribution in [0.25, 0.3) is 11.2 Å². The molecule has 1 aliphatic rings. The topological polar surface area (TPSA) is 101 Å². The van der Waals surface area contributed by atoms with E-state index in [9.17, 15) is 4.79 Å². The highest BCUT2D eigenvalue weighted by Gasteiger charge is 2.23. The molecule has 2 aromatic heterocycles. The second-order valence-electron chi connectivity index (χ2n) is 8.87. The lowest BCUT2D eigenvalue weighted by Crippen LogP contribution is -2.39. The van der Waals surface area contributed by atoms with Gasteiger partial charge in [-0.15, -0.1) is 0 Å². The standard InChI is InChI=1S/C24H33N7O/c1-16-13-17(2)15-30(14-16)21-10-9-20-22(29-21)31(12-4-11-25)24(28-20)27-19-7-5-18(6-8-19)23(32)26-3/h5-10,16-17H,4,11-15,25H2,1-3H3,(H,26,32)(H,27,28). The Hall–Kier alpha value is -3.13. The van der Waals surface area contributed by atoms with Gasteiger partial charge in [-0.2, -0.15) is 0 Å². The number of hydrogen-bond acceptors (Lipinski definition) is 6. The van der Waals surface area contributed by atoms with E-state index in [1.54, 1.807) is 19.2 Å². The van der Waals surface area contributed by atoms with Gasteiger partial charge in [0.05, 0.1) is 0 Å². The minimum atomic E-state index is -0.107. The summed E-state index contributed by atoms with van der Waals surface area (Å²) in [6.07, 6.45) is 2.10. The highest BCUT2D eigenvalue weighted by molar-refractivity contribution is 5.94. The van der Waals surface area contributed by atoms with Gasteiger partial charge in [0.2, 0.25) is 5.95 Å². The summed E-state index contributed by atoms with van der Waals surface area (Å²) >= 11 is 0. The Morgan fingerprint density at radius 2 is 1.81 bits per heavy atom. The van der Waals surface area contributed by atoms with E-state index in [-0.39, 0.29) is 5.91 Å². The van der Waals surface area contributed by atoms with E-state index >= 15 is 0 Å². The number of anilines is 3. The minimum Gasteiger partial charge on any atom is -0.356 e. The Morgan fingerprint density at radius 3 is 2.47 bits per heavy atom. The Morgan fingerprint density at radius 1 is 1.09 bits per heavy atom. The number of rotatable bonds is 7. The predicted molar refractivity (Wildman–Crippen MR) is 129 cm³/mol. The quantitative estimate of drug-likeness (QED) is 0.526. The fourth-order valence-corrected chi connectivity index (χ4v) is 4.55. The Kier molecular flexibility index (Phi) is 6.60. The van der Waals surface area contributed by atoms with Crippen LogP contribution in [-0.4, -0.2) is 47.1 Å². The summed E-state index contributed by atoms with van der Waals surface area (Å²) < 4.78 is 2.11. The van der Waals surface area contributed by atoms with Crippen LogP contribution in [0.3, 0.4) is 0 Å². The van der Waals surface area contributed by atoms with Crippen LogP contribution in [0.15, 0.2) is 36.4 Å². The molecular weight excluding hydrogens is 402 g/mol. The van der Waals surface area contributed by atoms with Crippen LogP contribution in [-0.2, 0) is 6.54 Å². The second-order valence-corrected chi connectivity index (χ2v) is 8.87. The van der Waals surface area contributed by atoms with Crippen LogP contribution in [0.2, 0.25) is 0 Å². The molecule has 170 valence electrons. The van der Waals surface area contributed by atoms with Gasteiger partial charge < -0.3 is 21.3 Å². The first-order valence-electron chi connectivity index (χ1n) is 11.4. The largest absolute Gasteiger partial charge is 0.356 e. The molecule has 3 heterocycles. The van der Waals surface area contributed by atoms with E-state index in [1.807, 2.05) is 12.1 Å². The smallest absolute Gasteiger partial charge is 0.251 e. The van der Waals surface area contributed by atoms with Gasteiger partial charge in [0.1, 0.15) is 11.3 Å². The molecule has 0 radical (unpaired) electrons. The average Bonchev–Trinajstić information content (AvgIpc) is 3.13. The molecule has 1 saturated heterocycles. The van der Waals surface area contributed by atoms with Crippen molar-refractivity contribution in [1.82, 2.24) is 19.9 Å². The molecule has 2 atom stereocenters. The van der Waals surface area contributed by atoms with E-state index in [0.29, 0.717) is 23.9 Å². The van der Waals surface area contributed by atoms with Crippen molar-refractivity contribution < 1.29 is 4.79 Å². The molecule has 4 N–H and O–H groups in total. The molecule has 1 amide bonds. The Balaban J connectivity index is 1.65. The van der Waals surface area contributed by atoms with Crippen molar-refractivity contribution in [3.05, 3.63) is 42.0 Å². The fourth-order valence-electron chi connectivity index (χ4n) is 4.55. The first-order valence-corrected chi connectivity index (χ1v) is 11.4. The third kappa shape index (κ3) is 4.70. The van der Waals surface area contributed by atoms with Gasteiger partial charge in [-0.1, -0.05) is 13.8 Å². The zero-order valence-electron chi connectivity index (χ0n) is 19.1. The molecule has 0 spiro atoms. The Bertz CT molecular complexity index is 1070. The molecule has 3 aromatic rings. The van der Waals surface area contributed by atoms with Crippen LogP contribution in [0.4, 0.5) is 17.5 Å². The summed E-state index contributed by atoms with van der Waals surface area (Å²) in [5, 5.41) is 6.03. The third-order valence-corrected chi connectivity index (χ3v) is 5.99. The summed E-state index contributed by atoms with van der Waals surface area (Å²) in [5.41, 5.74) is 9.01. The van der Waals surface area contributed by atoms with E-state index in [2.05, 4.69) is 46.1 Å². The van der Waals surface area contributed by atoms with Crippen LogP contribution < -0.4 is 21.3 Å². The summed E-state index contributed by atoms with van der Waals surface area (Å²) in [7, 11) is 1.63. The average molecular weight is 436 g/mol. The van der Waals surface area contributed by atoms with E-state index < -0.39 is 0 Å². The number of carbonyl (C=O) groups excluding carboxylic acids is 1. The van der Waals surface area contributed by atoms with Gasteiger partial charge in [-0.25, -0.2) is 9.97 Å². The lowest BCUT2D eigenvalue weighted by atomic mass is 9.92. The number of aryl methyl sites for hydroxylation is 1. The van der Waals surface area contributed by atoms with Crippen molar-refractivity contribution in [2.45, 2.75) is 33.2 Å². The van der Waals surface area contributed by atoms with Crippen LogP contribution >= 0.6 is 0 Å². The normalized spacial score (nSPS) is 18.7. The van der Waals surface area contributed by atoms with Crippen LogP contribution in [0, 0.1) is 11.8 Å². The highest BCUT2D eigenvalue weighted by atomic mass is 16.1. The molecule has 32 heavy (non-hydrogen) atoms. The van der Waals surface area contributed by atoms with Gasteiger partial charge >= 0.3 is 0 Å². The molecule has 1 aliphatic heterocycles. The number of carbonyl (C=O) groups is 1. The van der Waals surface area contributed by atoms with Crippen molar-refractivity contribution in [3.63, 3.8) is 0 Å². The number of pyridine rings is 1. The molecule has 8 heteroatoms. The Labute approximate surface area is 189 Å². The first kappa shape index (κ1) is 22.1. The second kappa shape index (κ2) is 9.56. The lowest BCUT2D eigenvalue weighted by molar-refractivity contribution is 0.0963. The molecule has 1 aromatic carbocycles. The predicted octanol–water partition coefficient (Wildman–Crippen LogP) is 3.37. The monoisotopic (exact) mass is 435 g/mol. The number of fused-ring (bicyclic) bond motifs is 1. The molecule has 1 fully saturated rings. The van der Waals surface area contributed by atoms with Gasteiger partial charge in [-0.3, -0.25) is 9.36 Å². The number of piperidine rings is 1. The number of nitrogens with zero attached hydrogens (tertiary/aromatic N) is 4. The number of hydrogen-bond donors (Lipinski definition) is 3. The van der Waals surface area contributed by atoms with Crippen molar-refractivity contribution in [3.8, 4) is 0 Å². The molecule has 0 bridgehead atoms. The number of nitrogens with one attached hydrogen (secondary N) is 2. The van der Waals surface area contributed by atoms with Crippen molar-refractivity contribution in [2.75, 3.05) is 36.9 Å². The molecular formula is C24H33N7O. The highest BCUT2D eigenvalue weighted by Crippen LogP contribution is 2.28. The van der Waals surface area contributed by atoms with E-state index in [1.165, 1.54) is 6.42 Å². The van der Waals surface area contributed by atoms with E-state index in [4.69, 9.17) is 15.7 Å². The van der Waals surface area contributed by atoms with Crippen LogP contribution in [0.1, 0.15) is 37.0 Å². The summed E-state index contributed by atoms with van der Waals surface area (Å²) in [4.78, 5) is 24.0. The van der Waals surface area contributed by atoms with Gasteiger partial charge in [-0.05, 0) is 67.6 Å². The van der Waals surface area contributed by atoms with Crippen molar-refractivity contribution >= 4 is 34.5 Å². The lowest BCUT2D eigenvalue weighted by Gasteiger charge is -2.35. The number of imidazole rings is 1. The number of aromatic nitrogens is 3. The van der Waals surface area contributed by atoms with Gasteiger partial charge in [0, 0.05) is 37.9 Å². The molecule has 4 rings (SSSR count). The molecule has 8 nitrogen and oxygen atoms in total. The van der Waals surface area contributed by atoms with Crippen LogP contribution in [0.5, 0.6) is 0 Å². The summed E-state index contributed by atoms with van der Waals surface area (Å²) in [6, 6.07) is 11.5. The molecule has 0 saturated carbocycles. The number of benzene rings is 1. The maximum absolute atomic E-state index is 11.8.